The van der Waals surface area contributed by atoms with Crippen molar-refractivity contribution in [2.45, 2.75) is 25.7 Å². The molecular weight excluding hydrogens is 361 g/mol. The normalized spacial score (nSPS) is 16.2. The van der Waals surface area contributed by atoms with E-state index in [0.717, 1.165) is 10.4 Å². The van der Waals surface area contributed by atoms with E-state index in [4.69, 9.17) is 4.84 Å². The molecule has 0 aromatic carbocycles. The zero-order chi connectivity index (χ0) is 18.0. The Balaban J connectivity index is 1.67. The number of thiophene rings is 1. The van der Waals surface area contributed by atoms with Crippen LogP contribution < -0.4 is 16.0 Å². The monoisotopic (exact) mass is 376 g/mol. The SMILES string of the molecule is O=C(CNC(=O)c1sc2c(c1C1=NOCC1)CNC2)NCC(F)(F)F. The van der Waals surface area contributed by atoms with Crippen molar-refractivity contribution >= 4 is 28.9 Å². The number of halogens is 3. The van der Waals surface area contributed by atoms with Crippen molar-refractivity contribution in [2.75, 3.05) is 19.7 Å². The Morgan fingerprint density at radius 2 is 2.08 bits per heavy atom. The highest BCUT2D eigenvalue weighted by molar-refractivity contribution is 7.14. The van der Waals surface area contributed by atoms with Gasteiger partial charge in [-0.1, -0.05) is 5.16 Å². The summed E-state index contributed by atoms with van der Waals surface area (Å²) in [7, 11) is 0. The lowest BCUT2D eigenvalue weighted by Gasteiger charge is -2.09. The highest BCUT2D eigenvalue weighted by Gasteiger charge is 2.30. The minimum Gasteiger partial charge on any atom is -0.395 e. The first-order chi connectivity index (χ1) is 11.8. The van der Waals surface area contributed by atoms with Crippen molar-refractivity contribution < 1.29 is 27.6 Å². The second-order valence-corrected chi connectivity index (χ2v) is 6.61. The van der Waals surface area contributed by atoms with E-state index >= 15 is 0 Å². The maximum atomic E-state index is 12.4. The average Bonchev–Trinajstić information content (AvgIpc) is 3.25. The molecule has 0 saturated carbocycles. The van der Waals surface area contributed by atoms with Crippen LogP contribution in [0.3, 0.4) is 0 Å². The van der Waals surface area contributed by atoms with Gasteiger partial charge < -0.3 is 20.8 Å². The van der Waals surface area contributed by atoms with Crippen molar-refractivity contribution in [2.24, 2.45) is 5.16 Å². The Labute approximate surface area is 144 Å². The summed E-state index contributed by atoms with van der Waals surface area (Å²) in [6.07, 6.45) is -3.91. The van der Waals surface area contributed by atoms with Gasteiger partial charge in [0.25, 0.3) is 5.91 Å². The first-order valence-electron chi connectivity index (χ1n) is 7.51. The predicted molar refractivity (Wildman–Crippen MR) is 83.4 cm³/mol. The van der Waals surface area contributed by atoms with Crippen LogP contribution in [-0.2, 0) is 22.7 Å². The molecule has 2 amide bonds. The van der Waals surface area contributed by atoms with Gasteiger partial charge in [0.15, 0.2) is 0 Å². The molecule has 0 saturated heterocycles. The fourth-order valence-electron chi connectivity index (χ4n) is 2.59. The van der Waals surface area contributed by atoms with Crippen molar-refractivity contribution in [3.8, 4) is 0 Å². The number of rotatable bonds is 5. The molecular formula is C14H15F3N4O3S. The molecule has 0 bridgehead atoms. The minimum absolute atomic E-state index is 0.402. The van der Waals surface area contributed by atoms with E-state index in [1.54, 1.807) is 5.32 Å². The summed E-state index contributed by atoms with van der Waals surface area (Å²) >= 11 is 1.29. The largest absolute Gasteiger partial charge is 0.405 e. The number of alkyl halides is 3. The zero-order valence-corrected chi connectivity index (χ0v) is 13.8. The van der Waals surface area contributed by atoms with Crippen molar-refractivity contribution in [3.63, 3.8) is 0 Å². The summed E-state index contributed by atoms with van der Waals surface area (Å²) in [6.45, 7) is -0.271. The lowest BCUT2D eigenvalue weighted by Crippen LogP contribution is -2.41. The van der Waals surface area contributed by atoms with Crippen LogP contribution in [0.1, 0.15) is 32.1 Å². The molecule has 0 aliphatic carbocycles. The van der Waals surface area contributed by atoms with Crippen molar-refractivity contribution in [3.05, 3.63) is 20.9 Å². The number of hydrogen-bond acceptors (Lipinski definition) is 6. The maximum absolute atomic E-state index is 12.4. The van der Waals surface area contributed by atoms with Crippen LogP contribution in [0.5, 0.6) is 0 Å². The number of oxime groups is 1. The van der Waals surface area contributed by atoms with Gasteiger partial charge in [0.1, 0.15) is 18.0 Å². The van der Waals surface area contributed by atoms with Crippen LogP contribution >= 0.6 is 11.3 Å². The van der Waals surface area contributed by atoms with E-state index in [9.17, 15) is 22.8 Å². The quantitative estimate of drug-likeness (QED) is 0.712. The van der Waals surface area contributed by atoms with E-state index in [2.05, 4.69) is 15.8 Å². The van der Waals surface area contributed by atoms with Gasteiger partial charge in [0.2, 0.25) is 5.91 Å². The molecule has 0 unspecified atom stereocenters. The Morgan fingerprint density at radius 1 is 1.28 bits per heavy atom. The smallest absolute Gasteiger partial charge is 0.395 e. The topological polar surface area (TPSA) is 91.8 Å². The summed E-state index contributed by atoms with van der Waals surface area (Å²) < 4.78 is 36.2. The molecule has 0 spiro atoms. The van der Waals surface area contributed by atoms with Gasteiger partial charge in [0.05, 0.1) is 12.3 Å². The first-order valence-corrected chi connectivity index (χ1v) is 8.33. The summed E-state index contributed by atoms with van der Waals surface area (Å²) in [5.74, 6) is -1.41. The van der Waals surface area contributed by atoms with Crippen LogP contribution in [0.4, 0.5) is 13.2 Å². The molecule has 1 aromatic heterocycles. The van der Waals surface area contributed by atoms with Gasteiger partial charge in [-0.3, -0.25) is 9.59 Å². The van der Waals surface area contributed by atoms with Crippen molar-refractivity contribution in [1.82, 2.24) is 16.0 Å². The molecule has 0 fully saturated rings. The van der Waals surface area contributed by atoms with Crippen LogP contribution in [0.2, 0.25) is 0 Å². The molecule has 11 heteroatoms. The third kappa shape index (κ3) is 4.10. The van der Waals surface area contributed by atoms with Gasteiger partial charge in [-0.25, -0.2) is 0 Å². The second-order valence-electron chi connectivity index (χ2n) is 5.51. The predicted octanol–water partition coefficient (Wildman–Crippen LogP) is 0.884. The lowest BCUT2D eigenvalue weighted by atomic mass is 10.0. The number of hydrogen-bond donors (Lipinski definition) is 3. The van der Waals surface area contributed by atoms with Gasteiger partial charge in [-0.15, -0.1) is 11.3 Å². The maximum Gasteiger partial charge on any atom is 0.405 e. The average molecular weight is 376 g/mol. The third-order valence-corrected chi connectivity index (χ3v) is 4.90. The third-order valence-electron chi connectivity index (χ3n) is 3.67. The molecule has 1 aromatic rings. The Bertz CT molecular complexity index is 730. The summed E-state index contributed by atoms with van der Waals surface area (Å²) in [5, 5.41) is 11.2. The van der Waals surface area contributed by atoms with E-state index in [1.165, 1.54) is 11.3 Å². The molecule has 136 valence electrons. The standard InChI is InChI=1S/C14H15F3N4O3S/c15-14(16,17)6-20-10(22)5-19-13(23)12-11(8-1-2-24-21-8)7-3-18-4-9(7)25-12/h18H,1-6H2,(H,19,23)(H,20,22). The summed E-state index contributed by atoms with van der Waals surface area (Å²) in [6, 6.07) is 0. The zero-order valence-electron chi connectivity index (χ0n) is 13.0. The number of carbonyl (C=O) groups is 2. The highest BCUT2D eigenvalue weighted by Crippen LogP contribution is 2.34. The van der Waals surface area contributed by atoms with Gasteiger partial charge >= 0.3 is 6.18 Å². The Hall–Kier alpha value is -2.14. The first kappa shape index (κ1) is 17.7. The summed E-state index contributed by atoms with van der Waals surface area (Å²) in [4.78, 5) is 30.3. The van der Waals surface area contributed by atoms with Gasteiger partial charge in [0, 0.05) is 30.0 Å². The Kier molecular flexibility index (Phi) is 4.95. The van der Waals surface area contributed by atoms with Crippen LogP contribution in [0.15, 0.2) is 5.16 Å². The fourth-order valence-corrected chi connectivity index (χ4v) is 3.82. The van der Waals surface area contributed by atoms with Crippen LogP contribution in [0, 0.1) is 0 Å². The highest BCUT2D eigenvalue weighted by atomic mass is 32.1. The van der Waals surface area contributed by atoms with Crippen LogP contribution in [-0.4, -0.2) is 43.4 Å². The number of carbonyl (C=O) groups excluding carboxylic acids is 2. The number of nitrogens with zero attached hydrogens (tertiary/aromatic N) is 1. The molecule has 2 aliphatic heterocycles. The number of amides is 2. The number of fused-ring (bicyclic) bond motifs is 1. The van der Waals surface area contributed by atoms with E-state index in [0.29, 0.717) is 42.3 Å². The van der Waals surface area contributed by atoms with Crippen LogP contribution in [0.25, 0.3) is 0 Å². The molecule has 3 rings (SSSR count). The number of nitrogens with one attached hydrogen (secondary N) is 3. The van der Waals surface area contributed by atoms with Gasteiger partial charge in [-0.05, 0) is 5.56 Å². The molecule has 7 nitrogen and oxygen atoms in total. The Morgan fingerprint density at radius 3 is 2.76 bits per heavy atom. The molecule has 0 radical (unpaired) electrons. The van der Waals surface area contributed by atoms with Gasteiger partial charge in [-0.2, -0.15) is 13.2 Å². The van der Waals surface area contributed by atoms with E-state index < -0.39 is 31.1 Å². The fraction of sp³-hybridized carbons (Fsp3) is 0.500. The van der Waals surface area contributed by atoms with E-state index in [-0.39, 0.29) is 0 Å². The molecule has 25 heavy (non-hydrogen) atoms. The van der Waals surface area contributed by atoms with Crippen molar-refractivity contribution in [1.29, 1.82) is 0 Å². The minimum atomic E-state index is -4.49. The molecule has 3 heterocycles. The molecule has 0 atom stereocenters. The second kappa shape index (κ2) is 7.00. The molecule has 3 N–H and O–H groups in total. The van der Waals surface area contributed by atoms with E-state index in [1.807, 2.05) is 0 Å². The lowest BCUT2D eigenvalue weighted by molar-refractivity contribution is -0.137. The molecule has 2 aliphatic rings. The summed E-state index contributed by atoms with van der Waals surface area (Å²) in [5.41, 5.74) is 2.37.